The van der Waals surface area contributed by atoms with Gasteiger partial charge in [-0.2, -0.15) is 0 Å². The summed E-state index contributed by atoms with van der Waals surface area (Å²) in [6.07, 6.45) is 1.56. The summed E-state index contributed by atoms with van der Waals surface area (Å²) in [5.74, 6) is -0.551. The van der Waals surface area contributed by atoms with Crippen molar-refractivity contribution in [2.75, 3.05) is 0 Å². The fourth-order valence-electron chi connectivity index (χ4n) is 2.46. The molecule has 1 N–H and O–H groups in total. The summed E-state index contributed by atoms with van der Waals surface area (Å²) in [5, 5.41) is 21.3. The van der Waals surface area contributed by atoms with Gasteiger partial charge in [-0.05, 0) is 36.1 Å². The Labute approximate surface area is 115 Å². The Kier molecular flexibility index (Phi) is 3.48. The van der Waals surface area contributed by atoms with E-state index < -0.39 is 21.9 Å². The Morgan fingerprint density at radius 3 is 2.30 bits per heavy atom. The minimum Gasteiger partial charge on any atom is -0.501 e. The Bertz CT molecular complexity index is 762. The zero-order valence-electron chi connectivity index (χ0n) is 11.6. The van der Waals surface area contributed by atoms with E-state index in [9.17, 15) is 20.0 Å². The largest absolute Gasteiger partial charge is 0.501 e. The van der Waals surface area contributed by atoms with Crippen LogP contribution in [0.25, 0.3) is 10.9 Å². The summed E-state index contributed by atoms with van der Waals surface area (Å²) in [7, 11) is 1.47. The highest BCUT2D eigenvalue weighted by atomic mass is 16.6. The number of rotatable bonds is 3. The second kappa shape index (κ2) is 4.96. The van der Waals surface area contributed by atoms with Crippen LogP contribution in [0.4, 0.5) is 5.69 Å². The molecule has 0 aliphatic heterocycles. The molecule has 1 aromatic heterocycles. The summed E-state index contributed by atoms with van der Waals surface area (Å²) in [5.41, 5.74) is 1.02. The van der Waals surface area contributed by atoms with E-state index in [2.05, 4.69) is 0 Å². The smallest absolute Gasteiger partial charge is 0.375 e. The standard InChI is InChI=1S/C14H16N2O4/c1-4-8-6-10-11(7-9(8)5-2)15(3)14(18)12(13(10)17)16(19)20/h6-7,17H,4-5H2,1-3H3. The molecule has 2 rings (SSSR count). The highest BCUT2D eigenvalue weighted by Gasteiger charge is 2.24. The molecule has 0 aliphatic carbocycles. The van der Waals surface area contributed by atoms with Crippen LogP contribution >= 0.6 is 0 Å². The molecule has 0 amide bonds. The van der Waals surface area contributed by atoms with Crippen LogP contribution in [0.15, 0.2) is 16.9 Å². The van der Waals surface area contributed by atoms with Gasteiger partial charge in [0.25, 0.3) is 0 Å². The van der Waals surface area contributed by atoms with Crippen molar-refractivity contribution < 1.29 is 10.0 Å². The third-order valence-corrected chi connectivity index (χ3v) is 3.61. The van der Waals surface area contributed by atoms with Gasteiger partial charge in [0.15, 0.2) is 0 Å². The number of aryl methyl sites for hydroxylation is 3. The molecule has 0 bridgehead atoms. The third kappa shape index (κ3) is 1.93. The van der Waals surface area contributed by atoms with Crippen LogP contribution in [0.1, 0.15) is 25.0 Å². The summed E-state index contributed by atoms with van der Waals surface area (Å²) in [6, 6.07) is 3.55. The molecular weight excluding hydrogens is 260 g/mol. The number of nitrogens with zero attached hydrogens (tertiary/aromatic N) is 2. The van der Waals surface area contributed by atoms with Crippen molar-refractivity contribution in [1.29, 1.82) is 0 Å². The fraction of sp³-hybridized carbons (Fsp3) is 0.357. The Morgan fingerprint density at radius 1 is 1.25 bits per heavy atom. The third-order valence-electron chi connectivity index (χ3n) is 3.61. The maximum absolute atomic E-state index is 12.0. The average molecular weight is 276 g/mol. The second-order valence-corrected chi connectivity index (χ2v) is 4.66. The minimum atomic E-state index is -0.837. The SMILES string of the molecule is CCc1cc2c(O)c([N+](=O)[O-])c(=O)n(C)c2cc1CC. The van der Waals surface area contributed by atoms with E-state index in [-0.39, 0.29) is 0 Å². The molecule has 20 heavy (non-hydrogen) atoms. The van der Waals surface area contributed by atoms with Crippen LogP contribution in [0.3, 0.4) is 0 Å². The van der Waals surface area contributed by atoms with E-state index in [1.54, 1.807) is 6.07 Å². The molecule has 1 aromatic carbocycles. The van der Waals surface area contributed by atoms with Crippen molar-refractivity contribution in [1.82, 2.24) is 4.57 Å². The predicted octanol–water partition coefficient (Wildman–Crippen LogP) is 2.28. The van der Waals surface area contributed by atoms with Gasteiger partial charge in [0, 0.05) is 12.4 Å². The Balaban J connectivity index is 3.00. The molecular formula is C14H16N2O4. The van der Waals surface area contributed by atoms with Crippen LogP contribution in [0.5, 0.6) is 5.75 Å². The van der Waals surface area contributed by atoms with Crippen LogP contribution in [-0.4, -0.2) is 14.6 Å². The van der Waals surface area contributed by atoms with Crippen molar-refractivity contribution in [2.24, 2.45) is 7.05 Å². The number of nitro groups is 1. The van der Waals surface area contributed by atoms with Gasteiger partial charge in [-0.15, -0.1) is 0 Å². The van der Waals surface area contributed by atoms with E-state index in [1.165, 1.54) is 11.6 Å². The van der Waals surface area contributed by atoms with Crippen molar-refractivity contribution in [3.05, 3.63) is 43.7 Å². The fourth-order valence-corrected chi connectivity index (χ4v) is 2.46. The first-order chi connectivity index (χ1) is 9.42. The highest BCUT2D eigenvalue weighted by Crippen LogP contribution is 2.32. The maximum atomic E-state index is 12.0. The molecule has 2 aromatic rings. The molecule has 0 saturated carbocycles. The highest BCUT2D eigenvalue weighted by molar-refractivity contribution is 5.90. The maximum Gasteiger partial charge on any atom is 0.375 e. The monoisotopic (exact) mass is 276 g/mol. The first-order valence-corrected chi connectivity index (χ1v) is 6.44. The number of aromatic hydroxyl groups is 1. The summed E-state index contributed by atoms with van der Waals surface area (Å²) >= 11 is 0. The molecule has 0 spiro atoms. The Hall–Kier alpha value is -2.37. The molecule has 0 radical (unpaired) electrons. The molecule has 106 valence electrons. The zero-order chi connectivity index (χ0) is 15.0. The van der Waals surface area contributed by atoms with Gasteiger partial charge in [0.1, 0.15) is 0 Å². The minimum absolute atomic E-state index is 0.341. The van der Waals surface area contributed by atoms with Gasteiger partial charge in [-0.3, -0.25) is 14.9 Å². The van der Waals surface area contributed by atoms with Gasteiger partial charge in [0.2, 0.25) is 5.75 Å². The van der Waals surface area contributed by atoms with Crippen LogP contribution in [-0.2, 0) is 19.9 Å². The van der Waals surface area contributed by atoms with Gasteiger partial charge in [-0.1, -0.05) is 13.8 Å². The quantitative estimate of drug-likeness (QED) is 0.688. The first-order valence-electron chi connectivity index (χ1n) is 6.44. The average Bonchev–Trinajstić information content (AvgIpc) is 2.43. The van der Waals surface area contributed by atoms with Crippen LogP contribution in [0.2, 0.25) is 0 Å². The van der Waals surface area contributed by atoms with E-state index in [1.807, 2.05) is 19.9 Å². The molecule has 0 unspecified atom stereocenters. The van der Waals surface area contributed by atoms with Gasteiger partial charge in [-0.25, -0.2) is 0 Å². The van der Waals surface area contributed by atoms with Crippen molar-refractivity contribution in [2.45, 2.75) is 26.7 Å². The van der Waals surface area contributed by atoms with E-state index in [0.29, 0.717) is 10.9 Å². The Morgan fingerprint density at radius 2 is 1.80 bits per heavy atom. The lowest BCUT2D eigenvalue weighted by Crippen LogP contribution is -2.20. The van der Waals surface area contributed by atoms with E-state index in [0.717, 1.165) is 24.0 Å². The lowest BCUT2D eigenvalue weighted by atomic mass is 9.99. The lowest BCUT2D eigenvalue weighted by Gasteiger charge is -2.12. The van der Waals surface area contributed by atoms with Gasteiger partial charge >= 0.3 is 11.2 Å². The van der Waals surface area contributed by atoms with Crippen molar-refractivity contribution in [3.63, 3.8) is 0 Å². The number of fused-ring (bicyclic) bond motifs is 1. The first kappa shape index (κ1) is 14.0. The number of aromatic nitrogens is 1. The van der Waals surface area contributed by atoms with Crippen LogP contribution in [0, 0.1) is 10.1 Å². The lowest BCUT2D eigenvalue weighted by molar-refractivity contribution is -0.387. The normalized spacial score (nSPS) is 10.9. The molecule has 6 heteroatoms. The van der Waals surface area contributed by atoms with E-state index >= 15 is 0 Å². The number of hydrogen-bond donors (Lipinski definition) is 1. The summed E-state index contributed by atoms with van der Waals surface area (Å²) in [4.78, 5) is 22.1. The molecule has 1 heterocycles. The van der Waals surface area contributed by atoms with E-state index in [4.69, 9.17) is 0 Å². The van der Waals surface area contributed by atoms with Gasteiger partial charge < -0.3 is 9.67 Å². The van der Waals surface area contributed by atoms with Crippen molar-refractivity contribution in [3.8, 4) is 5.75 Å². The molecule has 0 atom stereocenters. The zero-order valence-corrected chi connectivity index (χ0v) is 11.6. The topological polar surface area (TPSA) is 85.4 Å². The molecule has 0 aliphatic rings. The molecule has 0 fully saturated rings. The second-order valence-electron chi connectivity index (χ2n) is 4.66. The van der Waals surface area contributed by atoms with Crippen molar-refractivity contribution >= 4 is 16.6 Å². The number of pyridine rings is 1. The molecule has 0 saturated heterocycles. The molecule has 6 nitrogen and oxygen atoms in total. The summed E-state index contributed by atoms with van der Waals surface area (Å²) in [6.45, 7) is 3.98. The number of benzene rings is 1. The number of hydrogen-bond acceptors (Lipinski definition) is 4. The van der Waals surface area contributed by atoms with Gasteiger partial charge in [0.05, 0.1) is 10.4 Å². The van der Waals surface area contributed by atoms with Crippen LogP contribution < -0.4 is 5.56 Å². The summed E-state index contributed by atoms with van der Waals surface area (Å²) < 4.78 is 1.21. The predicted molar refractivity (Wildman–Crippen MR) is 76.3 cm³/mol.